The Morgan fingerprint density at radius 1 is 0.963 bits per heavy atom. The van der Waals surface area contributed by atoms with Crippen LogP contribution >= 0.6 is 0 Å². The summed E-state index contributed by atoms with van der Waals surface area (Å²) >= 11 is 0. The lowest BCUT2D eigenvalue weighted by molar-refractivity contribution is 0.284. The normalized spacial score (nSPS) is 11.1. The van der Waals surface area contributed by atoms with Crippen molar-refractivity contribution in [2.45, 2.75) is 18.0 Å². The topological polar surface area (TPSA) is 77.5 Å². The zero-order chi connectivity index (χ0) is 19.1. The number of methoxy groups -OCH3 is 1. The van der Waals surface area contributed by atoms with Crippen molar-refractivity contribution < 1.29 is 17.9 Å². The Hall–Kier alpha value is -2.90. The fourth-order valence-electron chi connectivity index (χ4n) is 2.44. The molecule has 3 aromatic rings. The lowest BCUT2D eigenvalue weighted by atomic mass is 10.2. The van der Waals surface area contributed by atoms with Gasteiger partial charge in [0.2, 0.25) is 10.0 Å². The first kappa shape index (κ1) is 18.9. The molecular formula is C20H20N2O4S. The van der Waals surface area contributed by atoms with E-state index in [2.05, 4.69) is 9.71 Å². The Bertz CT molecular complexity index is 977. The van der Waals surface area contributed by atoms with Gasteiger partial charge in [0.25, 0.3) is 0 Å². The summed E-state index contributed by atoms with van der Waals surface area (Å²) in [5, 5.41) is 0. The average molecular weight is 384 g/mol. The van der Waals surface area contributed by atoms with Crippen LogP contribution in [0.3, 0.4) is 0 Å². The minimum absolute atomic E-state index is 0.125. The number of rotatable bonds is 8. The van der Waals surface area contributed by atoms with Crippen molar-refractivity contribution in [3.05, 3.63) is 84.2 Å². The molecule has 7 heteroatoms. The zero-order valence-electron chi connectivity index (χ0n) is 14.8. The second-order valence-electron chi connectivity index (χ2n) is 5.77. The van der Waals surface area contributed by atoms with Crippen LogP contribution in [0, 0.1) is 0 Å². The van der Waals surface area contributed by atoms with E-state index in [4.69, 9.17) is 9.47 Å². The van der Waals surface area contributed by atoms with Crippen molar-refractivity contribution in [3.8, 4) is 11.5 Å². The van der Waals surface area contributed by atoms with Crippen LogP contribution in [0.4, 0.5) is 0 Å². The molecule has 0 amide bonds. The first-order valence-corrected chi connectivity index (χ1v) is 9.80. The maximum atomic E-state index is 12.3. The second kappa shape index (κ2) is 8.66. The van der Waals surface area contributed by atoms with Gasteiger partial charge in [0.1, 0.15) is 11.5 Å². The van der Waals surface area contributed by atoms with Gasteiger partial charge in [-0.15, -0.1) is 0 Å². The largest absolute Gasteiger partial charge is 0.493 e. The maximum absolute atomic E-state index is 12.3. The number of ether oxygens (including phenoxy) is 2. The number of nitrogens with zero attached hydrogens (tertiary/aromatic N) is 1. The van der Waals surface area contributed by atoms with Crippen molar-refractivity contribution in [3.63, 3.8) is 0 Å². The molecule has 1 heterocycles. The molecule has 0 unspecified atom stereocenters. The van der Waals surface area contributed by atoms with Gasteiger partial charge in [-0.1, -0.05) is 36.4 Å². The third-order valence-corrected chi connectivity index (χ3v) is 5.26. The van der Waals surface area contributed by atoms with Gasteiger partial charge in [0, 0.05) is 18.9 Å². The molecule has 0 saturated heterocycles. The Morgan fingerprint density at radius 3 is 2.48 bits per heavy atom. The molecule has 3 rings (SSSR count). The van der Waals surface area contributed by atoms with E-state index < -0.39 is 10.0 Å². The van der Waals surface area contributed by atoms with Gasteiger partial charge in [0.15, 0.2) is 11.5 Å². The fraction of sp³-hybridized carbons (Fsp3) is 0.150. The summed E-state index contributed by atoms with van der Waals surface area (Å²) in [6.45, 7) is 0.552. The fourth-order valence-corrected chi connectivity index (χ4v) is 3.42. The molecule has 140 valence electrons. The lowest BCUT2D eigenvalue weighted by Crippen LogP contribution is -2.23. The average Bonchev–Trinajstić information content (AvgIpc) is 2.72. The molecule has 1 aromatic heterocycles. The highest BCUT2D eigenvalue weighted by atomic mass is 32.2. The van der Waals surface area contributed by atoms with Crippen molar-refractivity contribution in [2.24, 2.45) is 0 Å². The van der Waals surface area contributed by atoms with E-state index >= 15 is 0 Å². The maximum Gasteiger partial charge on any atom is 0.242 e. The highest BCUT2D eigenvalue weighted by Gasteiger charge is 2.14. The van der Waals surface area contributed by atoms with Gasteiger partial charge >= 0.3 is 0 Å². The van der Waals surface area contributed by atoms with Crippen LogP contribution in [0.15, 0.2) is 78.0 Å². The van der Waals surface area contributed by atoms with Crippen LogP contribution in [-0.4, -0.2) is 20.5 Å². The quantitative estimate of drug-likeness (QED) is 0.646. The Labute approximate surface area is 158 Å². The second-order valence-corrected chi connectivity index (χ2v) is 7.54. The molecule has 0 aliphatic rings. The summed E-state index contributed by atoms with van der Waals surface area (Å²) in [5.41, 5.74) is 1.80. The molecule has 2 aromatic carbocycles. The highest BCUT2D eigenvalue weighted by Crippen LogP contribution is 2.29. The SMILES string of the molecule is COc1cc(CNS(=O)(=O)c2cccnc2)ccc1OCc1ccccc1. The van der Waals surface area contributed by atoms with Crippen LogP contribution in [-0.2, 0) is 23.2 Å². The van der Waals surface area contributed by atoms with E-state index in [1.165, 1.54) is 18.5 Å². The van der Waals surface area contributed by atoms with E-state index in [-0.39, 0.29) is 11.4 Å². The Balaban J connectivity index is 1.67. The summed E-state index contributed by atoms with van der Waals surface area (Å²) in [4.78, 5) is 3.96. The molecule has 27 heavy (non-hydrogen) atoms. The monoisotopic (exact) mass is 384 g/mol. The molecule has 0 bridgehead atoms. The molecule has 6 nitrogen and oxygen atoms in total. The number of hydrogen-bond donors (Lipinski definition) is 1. The molecular weight excluding hydrogens is 364 g/mol. The summed E-state index contributed by atoms with van der Waals surface area (Å²) < 4.78 is 38.3. The zero-order valence-corrected chi connectivity index (χ0v) is 15.6. The van der Waals surface area contributed by atoms with Gasteiger partial charge < -0.3 is 9.47 Å². The smallest absolute Gasteiger partial charge is 0.242 e. The van der Waals surface area contributed by atoms with E-state index in [9.17, 15) is 8.42 Å². The Kier molecular flexibility index (Phi) is 6.05. The molecule has 0 radical (unpaired) electrons. The van der Waals surface area contributed by atoms with E-state index in [0.717, 1.165) is 11.1 Å². The summed E-state index contributed by atoms with van der Waals surface area (Å²) in [7, 11) is -2.07. The number of pyridine rings is 1. The van der Waals surface area contributed by atoms with E-state index in [1.54, 1.807) is 31.4 Å². The Morgan fingerprint density at radius 2 is 1.78 bits per heavy atom. The van der Waals surface area contributed by atoms with Crippen molar-refractivity contribution in [1.82, 2.24) is 9.71 Å². The van der Waals surface area contributed by atoms with E-state index in [0.29, 0.717) is 18.1 Å². The van der Waals surface area contributed by atoms with Crippen molar-refractivity contribution in [1.29, 1.82) is 0 Å². The van der Waals surface area contributed by atoms with Crippen molar-refractivity contribution in [2.75, 3.05) is 7.11 Å². The van der Waals surface area contributed by atoms with Crippen LogP contribution in [0.25, 0.3) is 0 Å². The summed E-state index contributed by atoms with van der Waals surface area (Å²) in [6.07, 6.45) is 2.83. The minimum atomic E-state index is -3.62. The molecule has 0 fully saturated rings. The van der Waals surface area contributed by atoms with Crippen LogP contribution in [0.1, 0.15) is 11.1 Å². The number of hydrogen-bond acceptors (Lipinski definition) is 5. The van der Waals surface area contributed by atoms with Gasteiger partial charge in [-0.3, -0.25) is 4.98 Å². The van der Waals surface area contributed by atoms with Gasteiger partial charge in [0.05, 0.1) is 7.11 Å². The molecule has 0 saturated carbocycles. The number of sulfonamides is 1. The van der Waals surface area contributed by atoms with Gasteiger partial charge in [-0.25, -0.2) is 13.1 Å². The molecule has 1 N–H and O–H groups in total. The molecule has 0 atom stereocenters. The van der Waals surface area contributed by atoms with E-state index in [1.807, 2.05) is 30.3 Å². The molecule has 0 aliphatic carbocycles. The summed E-state index contributed by atoms with van der Waals surface area (Å²) in [6, 6.07) is 18.2. The molecule has 0 aliphatic heterocycles. The molecule has 0 spiro atoms. The number of nitrogens with one attached hydrogen (secondary N) is 1. The minimum Gasteiger partial charge on any atom is -0.493 e. The number of aromatic nitrogens is 1. The van der Waals surface area contributed by atoms with Crippen LogP contribution in [0.2, 0.25) is 0 Å². The third kappa shape index (κ3) is 5.06. The summed E-state index contributed by atoms with van der Waals surface area (Å²) in [5.74, 6) is 1.14. The van der Waals surface area contributed by atoms with Crippen molar-refractivity contribution >= 4 is 10.0 Å². The highest BCUT2D eigenvalue weighted by molar-refractivity contribution is 7.89. The number of benzene rings is 2. The van der Waals surface area contributed by atoms with Crippen LogP contribution in [0.5, 0.6) is 11.5 Å². The predicted molar refractivity (Wildman–Crippen MR) is 102 cm³/mol. The third-order valence-electron chi connectivity index (χ3n) is 3.88. The van der Waals surface area contributed by atoms with Gasteiger partial charge in [-0.2, -0.15) is 0 Å². The van der Waals surface area contributed by atoms with Crippen LogP contribution < -0.4 is 14.2 Å². The predicted octanol–water partition coefficient (Wildman–Crippen LogP) is 3.15. The lowest BCUT2D eigenvalue weighted by Gasteiger charge is -2.13. The van der Waals surface area contributed by atoms with Gasteiger partial charge in [-0.05, 0) is 35.4 Å². The first-order chi connectivity index (χ1) is 13.1. The standard InChI is InChI=1S/C20H20N2O4S/c1-25-20-12-17(13-22-27(23,24)18-8-5-11-21-14-18)9-10-19(20)26-15-16-6-3-2-4-7-16/h2-12,14,22H,13,15H2,1H3. The first-order valence-electron chi connectivity index (χ1n) is 8.32.